The van der Waals surface area contributed by atoms with Crippen molar-refractivity contribution in [3.8, 4) is 51.4 Å². The summed E-state index contributed by atoms with van der Waals surface area (Å²) in [5, 5.41) is 3.63. The van der Waals surface area contributed by atoms with Crippen LogP contribution in [-0.2, 0) is 4.52 Å². The molecule has 2 aliphatic rings. The van der Waals surface area contributed by atoms with Gasteiger partial charge in [-0.1, -0.05) is 54.6 Å². The minimum atomic E-state index is -2.18. The van der Waals surface area contributed by atoms with Crippen molar-refractivity contribution >= 4 is 44.7 Å². The number of methoxy groups -OCH3 is 2. The Labute approximate surface area is 278 Å². The van der Waals surface area contributed by atoms with Crippen LogP contribution in [0.1, 0.15) is 21.5 Å². The Morgan fingerprint density at radius 2 is 1.12 bits per heavy atom. The molecule has 11 heteroatoms. The summed E-state index contributed by atoms with van der Waals surface area (Å²) >= 11 is 0. The van der Waals surface area contributed by atoms with E-state index < -0.39 is 23.2 Å². The van der Waals surface area contributed by atoms with E-state index in [-0.39, 0.29) is 0 Å². The van der Waals surface area contributed by atoms with Gasteiger partial charge in [-0.15, -0.1) is 0 Å². The minimum Gasteiger partial charge on any atom is -0.497 e. The number of carbonyl (C=O) groups excluding carboxylic acids is 1. The number of ether oxygens (including phenoxy) is 2. The van der Waals surface area contributed by atoms with Gasteiger partial charge in [0, 0.05) is 16.5 Å². The molecule has 2 aliphatic heterocycles. The zero-order valence-electron chi connectivity index (χ0n) is 26.3. The monoisotopic (exact) mass is 678 g/mol. The van der Waals surface area contributed by atoms with E-state index in [2.05, 4.69) is 0 Å². The lowest BCUT2D eigenvalue weighted by Crippen LogP contribution is -2.15. The summed E-state index contributed by atoms with van der Waals surface area (Å²) in [4.78, 5) is 13.2. The highest BCUT2D eigenvalue weighted by molar-refractivity contribution is 7.43. The third-order valence-corrected chi connectivity index (χ3v) is 10.2. The van der Waals surface area contributed by atoms with E-state index in [0.29, 0.717) is 56.9 Å². The van der Waals surface area contributed by atoms with Crippen molar-refractivity contribution in [2.75, 3.05) is 14.2 Å². The predicted molar refractivity (Wildman–Crippen MR) is 185 cm³/mol. The maximum Gasteiger partial charge on any atom is 0.532 e. The molecule has 0 fully saturated rings. The van der Waals surface area contributed by atoms with Crippen LogP contribution in [-0.4, -0.2) is 20.2 Å². The second kappa shape index (κ2) is 12.1. The van der Waals surface area contributed by atoms with Crippen molar-refractivity contribution in [1.82, 2.24) is 0 Å². The number of carbonyl (C=O) groups is 1. The fraction of sp³-hybridized carbons (Fsp3) is 0.108. The van der Waals surface area contributed by atoms with Gasteiger partial charge in [-0.25, -0.2) is 4.79 Å². The van der Waals surface area contributed by atoms with Crippen molar-refractivity contribution in [3.05, 3.63) is 114 Å². The Morgan fingerprint density at radius 3 is 1.73 bits per heavy atom. The molecule has 0 aliphatic carbocycles. The Bertz CT molecular complexity index is 2210. The first-order valence-corrected chi connectivity index (χ1v) is 17.2. The van der Waals surface area contributed by atoms with Gasteiger partial charge in [0.1, 0.15) is 40.1 Å². The Kier molecular flexibility index (Phi) is 7.59. The summed E-state index contributed by atoms with van der Waals surface area (Å²) in [5.74, 6) is 3.37. The molecule has 2 heterocycles. The summed E-state index contributed by atoms with van der Waals surface area (Å²) < 4.78 is 49.0. The third kappa shape index (κ3) is 5.26. The molecule has 0 aromatic heterocycles. The lowest BCUT2D eigenvalue weighted by molar-refractivity contribution is 0.0698. The van der Waals surface area contributed by atoms with Crippen LogP contribution in [0.5, 0.6) is 40.2 Å². The van der Waals surface area contributed by atoms with Crippen molar-refractivity contribution in [3.63, 3.8) is 0 Å². The number of fused-ring (bicyclic) bond motifs is 3. The maximum atomic E-state index is 13.2. The van der Waals surface area contributed by atoms with Crippen LogP contribution in [0, 0.1) is 13.8 Å². The third-order valence-electron chi connectivity index (χ3n) is 8.19. The lowest BCUT2D eigenvalue weighted by atomic mass is 9.98. The van der Waals surface area contributed by atoms with E-state index in [4.69, 9.17) is 36.6 Å². The second-order valence-corrected chi connectivity index (χ2v) is 13.2. The number of hydrogen-bond acceptors (Lipinski definition) is 9. The van der Waals surface area contributed by atoms with Gasteiger partial charge >= 0.3 is 23.2 Å². The molecule has 9 nitrogen and oxygen atoms in total. The summed E-state index contributed by atoms with van der Waals surface area (Å²) in [6, 6.07) is 30.4. The molecule has 0 saturated heterocycles. The number of aryl methyl sites for hydroxylation is 2. The highest BCUT2D eigenvalue weighted by Crippen LogP contribution is 2.56. The topological polar surface area (TPSA) is 90.9 Å². The standard InChI is InChI=1S/C37H28O9P2/c1-21-17-25(39-3)19-29(34(21)43-47-41-31-13-7-10-24-11-8-14-32(42-47)33(24)31)30-20-26(40-4)18-22(2)35(30)44-48-45-36-27-12-6-5-9-23(27)15-16-28(36)37(38)46-48/h5-20H,1-4H3. The summed E-state index contributed by atoms with van der Waals surface area (Å²) in [5.41, 5.74) is 3.06. The second-order valence-electron chi connectivity index (χ2n) is 11.2. The van der Waals surface area contributed by atoms with Crippen molar-refractivity contribution in [1.29, 1.82) is 0 Å². The SMILES string of the molecule is COc1cc(C)c(OP2OC(=O)c3ccc4ccccc4c3O2)c(-c2cc(OC)cc(C)c2OP2Oc3cccc4cccc(c34)O2)c1. The first kappa shape index (κ1) is 30.1. The van der Waals surface area contributed by atoms with E-state index in [9.17, 15) is 4.79 Å². The van der Waals surface area contributed by atoms with Crippen LogP contribution in [0.15, 0.2) is 97.1 Å². The van der Waals surface area contributed by atoms with Gasteiger partial charge in [0.2, 0.25) is 0 Å². The lowest BCUT2D eigenvalue weighted by Gasteiger charge is -2.27. The smallest absolute Gasteiger partial charge is 0.497 e. The van der Waals surface area contributed by atoms with Gasteiger partial charge < -0.3 is 36.6 Å². The van der Waals surface area contributed by atoms with Crippen molar-refractivity contribution in [2.24, 2.45) is 0 Å². The molecular formula is C37H28O9P2. The van der Waals surface area contributed by atoms with E-state index in [1.807, 2.05) is 105 Å². The zero-order valence-corrected chi connectivity index (χ0v) is 28.1. The van der Waals surface area contributed by atoms with E-state index in [0.717, 1.165) is 32.7 Å². The van der Waals surface area contributed by atoms with Gasteiger partial charge in [-0.2, -0.15) is 0 Å². The highest BCUT2D eigenvalue weighted by atomic mass is 31.2. The van der Waals surface area contributed by atoms with Crippen LogP contribution >= 0.6 is 17.2 Å². The Balaban J connectivity index is 1.20. The van der Waals surface area contributed by atoms with Crippen LogP contribution in [0.3, 0.4) is 0 Å². The van der Waals surface area contributed by atoms with Gasteiger partial charge in [0.25, 0.3) is 0 Å². The summed E-state index contributed by atoms with van der Waals surface area (Å²) in [6.45, 7) is 3.80. The largest absolute Gasteiger partial charge is 0.532 e. The molecule has 240 valence electrons. The van der Waals surface area contributed by atoms with Crippen LogP contribution in [0.25, 0.3) is 32.7 Å². The van der Waals surface area contributed by atoms with Crippen molar-refractivity contribution in [2.45, 2.75) is 13.8 Å². The molecule has 1 atom stereocenters. The first-order chi connectivity index (χ1) is 23.4. The summed E-state index contributed by atoms with van der Waals surface area (Å²) in [6.07, 6.45) is 0. The fourth-order valence-electron chi connectivity index (χ4n) is 5.90. The number of rotatable bonds is 7. The predicted octanol–water partition coefficient (Wildman–Crippen LogP) is 10.2. The molecule has 0 bridgehead atoms. The zero-order chi connectivity index (χ0) is 32.9. The molecule has 1 unspecified atom stereocenters. The van der Waals surface area contributed by atoms with E-state index in [1.54, 1.807) is 20.3 Å². The molecule has 8 rings (SSSR count). The molecule has 6 aromatic rings. The van der Waals surface area contributed by atoms with Crippen LogP contribution in [0.4, 0.5) is 0 Å². The normalized spacial score (nSPS) is 15.1. The van der Waals surface area contributed by atoms with Gasteiger partial charge in [0.05, 0.1) is 19.6 Å². The van der Waals surface area contributed by atoms with Crippen LogP contribution in [0.2, 0.25) is 0 Å². The van der Waals surface area contributed by atoms with E-state index in [1.165, 1.54) is 0 Å². The molecule has 0 N–H and O–H groups in total. The molecule has 0 saturated carbocycles. The first-order valence-electron chi connectivity index (χ1n) is 15.0. The quantitative estimate of drug-likeness (QED) is 0.153. The van der Waals surface area contributed by atoms with Crippen LogP contribution < -0.4 is 32.1 Å². The average molecular weight is 679 g/mol. The molecular weight excluding hydrogens is 650 g/mol. The molecule has 48 heavy (non-hydrogen) atoms. The molecule has 6 aromatic carbocycles. The fourth-order valence-corrected chi connectivity index (χ4v) is 8.11. The molecule has 0 radical (unpaired) electrons. The van der Waals surface area contributed by atoms with E-state index >= 15 is 0 Å². The Hall–Kier alpha value is -5.23. The van der Waals surface area contributed by atoms with Gasteiger partial charge in [-0.3, -0.25) is 0 Å². The summed E-state index contributed by atoms with van der Waals surface area (Å²) in [7, 11) is -0.888. The average Bonchev–Trinajstić information content (AvgIpc) is 3.10. The number of benzene rings is 6. The number of hydrogen-bond donors (Lipinski definition) is 0. The Morgan fingerprint density at radius 1 is 0.562 bits per heavy atom. The van der Waals surface area contributed by atoms with Gasteiger partial charge in [-0.05, 0) is 78.2 Å². The van der Waals surface area contributed by atoms with Crippen molar-refractivity contribution < 1.29 is 41.4 Å². The minimum absolute atomic E-state index is 0.342. The molecule has 0 spiro atoms. The van der Waals surface area contributed by atoms with Gasteiger partial charge in [0.15, 0.2) is 5.75 Å². The maximum absolute atomic E-state index is 13.2. The molecule has 0 amide bonds. The highest BCUT2D eigenvalue weighted by Gasteiger charge is 2.36.